The van der Waals surface area contributed by atoms with Crippen LogP contribution in [0.4, 0.5) is 5.69 Å². The largest absolute Gasteiger partial charge is 0.379 e. The maximum absolute atomic E-state index is 4.49. The van der Waals surface area contributed by atoms with Crippen molar-refractivity contribution in [2.45, 2.75) is 44.7 Å². The first-order chi connectivity index (χ1) is 9.90. The van der Waals surface area contributed by atoms with Crippen LogP contribution in [0.2, 0.25) is 0 Å². The van der Waals surface area contributed by atoms with Crippen LogP contribution in [0, 0.1) is 0 Å². The van der Waals surface area contributed by atoms with Crippen molar-refractivity contribution in [1.82, 2.24) is 14.7 Å². The Kier molecular flexibility index (Phi) is 5.25. The third kappa shape index (κ3) is 4.16. The molecule has 0 radical (unpaired) electrons. The third-order valence-corrected chi connectivity index (χ3v) is 5.47. The van der Waals surface area contributed by atoms with E-state index in [1.54, 1.807) is 0 Å². The molecule has 1 aromatic heterocycles. The van der Waals surface area contributed by atoms with E-state index < -0.39 is 0 Å². The molecule has 0 amide bonds. The number of piperidine rings is 1. The molecule has 0 aliphatic carbocycles. The molecule has 2 fully saturated rings. The molecule has 2 aliphatic heterocycles. The summed E-state index contributed by atoms with van der Waals surface area (Å²) in [4.78, 5) is 2.57. The van der Waals surface area contributed by atoms with Gasteiger partial charge in [-0.3, -0.25) is 4.68 Å². The van der Waals surface area contributed by atoms with E-state index in [1.165, 1.54) is 62.4 Å². The molecule has 5 heteroatoms. The Morgan fingerprint density at radius 3 is 2.90 bits per heavy atom. The summed E-state index contributed by atoms with van der Waals surface area (Å²) in [5, 5.41) is 8.11. The lowest BCUT2D eigenvalue weighted by Crippen LogP contribution is -2.32. The molecular formula is C15H26N4S. The third-order valence-electron chi connectivity index (χ3n) is 4.26. The molecule has 3 heterocycles. The number of nitrogens with zero attached hydrogens (tertiary/aromatic N) is 3. The Balaban J connectivity index is 1.43. The molecule has 2 aliphatic rings. The smallest absolute Gasteiger partial charge is 0.0728 e. The Labute approximate surface area is 126 Å². The van der Waals surface area contributed by atoms with Gasteiger partial charge in [-0.2, -0.15) is 16.9 Å². The van der Waals surface area contributed by atoms with Crippen LogP contribution in [0.5, 0.6) is 0 Å². The molecule has 0 bridgehead atoms. The monoisotopic (exact) mass is 294 g/mol. The van der Waals surface area contributed by atoms with Gasteiger partial charge >= 0.3 is 0 Å². The summed E-state index contributed by atoms with van der Waals surface area (Å²) >= 11 is 2.06. The normalized spacial score (nSPS) is 24.7. The molecule has 3 rings (SSSR count). The van der Waals surface area contributed by atoms with E-state index in [9.17, 15) is 0 Å². The number of hydrogen-bond acceptors (Lipinski definition) is 4. The van der Waals surface area contributed by atoms with E-state index in [4.69, 9.17) is 0 Å². The molecule has 4 nitrogen and oxygen atoms in total. The number of aromatic nitrogens is 2. The quantitative estimate of drug-likeness (QED) is 0.905. The lowest BCUT2D eigenvalue weighted by molar-refractivity contribution is 0.218. The van der Waals surface area contributed by atoms with Crippen LogP contribution >= 0.6 is 11.8 Å². The van der Waals surface area contributed by atoms with E-state index in [1.807, 2.05) is 6.20 Å². The van der Waals surface area contributed by atoms with Gasteiger partial charge in [0.25, 0.3) is 0 Å². The van der Waals surface area contributed by atoms with Crippen molar-refractivity contribution in [3.63, 3.8) is 0 Å². The zero-order chi connectivity index (χ0) is 13.6. The van der Waals surface area contributed by atoms with E-state index in [0.717, 1.165) is 13.1 Å². The SMILES string of the molecule is c1nn(CCN2CCCCC2)cc1N[C@@H]1CCCSC1. The van der Waals surface area contributed by atoms with Crippen molar-refractivity contribution < 1.29 is 0 Å². The summed E-state index contributed by atoms with van der Waals surface area (Å²) in [6.45, 7) is 4.69. The highest BCUT2D eigenvalue weighted by atomic mass is 32.2. The first kappa shape index (κ1) is 14.3. The van der Waals surface area contributed by atoms with Gasteiger partial charge in [-0.05, 0) is 44.5 Å². The molecule has 1 aromatic rings. The van der Waals surface area contributed by atoms with Crippen molar-refractivity contribution in [3.8, 4) is 0 Å². The predicted octanol–water partition coefficient (Wildman–Crippen LogP) is 2.68. The zero-order valence-electron chi connectivity index (χ0n) is 12.3. The average molecular weight is 294 g/mol. The van der Waals surface area contributed by atoms with Crippen molar-refractivity contribution in [2.24, 2.45) is 0 Å². The van der Waals surface area contributed by atoms with Crippen LogP contribution in [0.3, 0.4) is 0 Å². The summed E-state index contributed by atoms with van der Waals surface area (Å²) in [6, 6.07) is 0.633. The molecule has 2 saturated heterocycles. The standard InChI is InChI=1S/C15H26N4S/c1-2-6-18(7-3-1)8-9-19-12-15(11-16-19)17-14-5-4-10-20-13-14/h11-12,14,17H,1-10,13H2/t14-/m1/s1. The highest BCUT2D eigenvalue weighted by molar-refractivity contribution is 7.99. The number of likely N-dealkylation sites (tertiary alicyclic amines) is 1. The molecule has 0 saturated carbocycles. The number of rotatable bonds is 5. The van der Waals surface area contributed by atoms with Gasteiger partial charge < -0.3 is 10.2 Å². The van der Waals surface area contributed by atoms with Crippen molar-refractivity contribution >= 4 is 17.4 Å². The van der Waals surface area contributed by atoms with E-state index >= 15 is 0 Å². The second-order valence-electron chi connectivity index (χ2n) is 5.95. The van der Waals surface area contributed by atoms with Gasteiger partial charge in [-0.25, -0.2) is 0 Å². The molecular weight excluding hydrogens is 268 g/mol. The van der Waals surface area contributed by atoms with Gasteiger partial charge in [0.15, 0.2) is 0 Å². The Morgan fingerprint density at radius 1 is 1.20 bits per heavy atom. The second kappa shape index (κ2) is 7.36. The van der Waals surface area contributed by atoms with Crippen LogP contribution in [0.1, 0.15) is 32.1 Å². The minimum Gasteiger partial charge on any atom is -0.379 e. The number of thioether (sulfide) groups is 1. The Hall–Kier alpha value is -0.680. The Morgan fingerprint density at radius 2 is 2.10 bits per heavy atom. The van der Waals surface area contributed by atoms with Gasteiger partial charge in [0.1, 0.15) is 0 Å². The highest BCUT2D eigenvalue weighted by Crippen LogP contribution is 2.20. The fourth-order valence-electron chi connectivity index (χ4n) is 3.08. The molecule has 0 aromatic carbocycles. The summed E-state index contributed by atoms with van der Waals surface area (Å²) in [5.74, 6) is 2.56. The molecule has 0 spiro atoms. The zero-order valence-corrected chi connectivity index (χ0v) is 13.1. The summed E-state index contributed by atoms with van der Waals surface area (Å²) < 4.78 is 2.09. The molecule has 1 N–H and O–H groups in total. The van der Waals surface area contributed by atoms with Crippen LogP contribution < -0.4 is 5.32 Å². The second-order valence-corrected chi connectivity index (χ2v) is 7.10. The average Bonchev–Trinajstić information content (AvgIpc) is 2.95. The van der Waals surface area contributed by atoms with Crippen LogP contribution in [0.25, 0.3) is 0 Å². The number of hydrogen-bond donors (Lipinski definition) is 1. The summed E-state index contributed by atoms with van der Waals surface area (Å²) in [7, 11) is 0. The fraction of sp³-hybridized carbons (Fsp3) is 0.800. The van der Waals surface area contributed by atoms with Gasteiger partial charge in [0.2, 0.25) is 0 Å². The summed E-state index contributed by atoms with van der Waals surface area (Å²) in [6.07, 6.45) is 10.9. The van der Waals surface area contributed by atoms with E-state index in [0.29, 0.717) is 6.04 Å². The summed E-state index contributed by atoms with van der Waals surface area (Å²) in [5.41, 5.74) is 1.19. The first-order valence-electron chi connectivity index (χ1n) is 7.99. The van der Waals surface area contributed by atoms with Crippen molar-refractivity contribution in [3.05, 3.63) is 12.4 Å². The van der Waals surface area contributed by atoms with E-state index in [-0.39, 0.29) is 0 Å². The molecule has 20 heavy (non-hydrogen) atoms. The lowest BCUT2D eigenvalue weighted by atomic mass is 10.1. The lowest BCUT2D eigenvalue weighted by Gasteiger charge is -2.26. The van der Waals surface area contributed by atoms with Crippen LogP contribution in [-0.2, 0) is 6.54 Å². The highest BCUT2D eigenvalue weighted by Gasteiger charge is 2.14. The fourth-order valence-corrected chi connectivity index (χ4v) is 4.15. The van der Waals surface area contributed by atoms with Crippen molar-refractivity contribution in [2.75, 3.05) is 36.5 Å². The first-order valence-corrected chi connectivity index (χ1v) is 9.15. The van der Waals surface area contributed by atoms with Gasteiger partial charge in [-0.15, -0.1) is 0 Å². The van der Waals surface area contributed by atoms with Gasteiger partial charge in [0.05, 0.1) is 18.4 Å². The molecule has 0 unspecified atom stereocenters. The van der Waals surface area contributed by atoms with Gasteiger partial charge in [0, 0.05) is 24.5 Å². The predicted molar refractivity (Wildman–Crippen MR) is 86.5 cm³/mol. The minimum absolute atomic E-state index is 0.633. The molecule has 1 atom stereocenters. The molecule has 112 valence electrons. The van der Waals surface area contributed by atoms with Crippen molar-refractivity contribution in [1.29, 1.82) is 0 Å². The van der Waals surface area contributed by atoms with Crippen LogP contribution in [-0.4, -0.2) is 51.9 Å². The van der Waals surface area contributed by atoms with E-state index in [2.05, 4.69) is 38.0 Å². The minimum atomic E-state index is 0.633. The van der Waals surface area contributed by atoms with Crippen LogP contribution in [0.15, 0.2) is 12.4 Å². The Bertz CT molecular complexity index is 394. The number of nitrogens with one attached hydrogen (secondary N) is 1. The topological polar surface area (TPSA) is 33.1 Å². The van der Waals surface area contributed by atoms with Gasteiger partial charge in [-0.1, -0.05) is 6.42 Å². The maximum Gasteiger partial charge on any atom is 0.0728 e. The maximum atomic E-state index is 4.49. The number of anilines is 1.